The zero-order valence-electron chi connectivity index (χ0n) is 22.4. The number of carbonyl (C=O) groups is 1. The molecule has 1 fully saturated rings. The normalized spacial score (nSPS) is 13.7. The van der Waals surface area contributed by atoms with E-state index >= 15 is 0 Å². The van der Waals surface area contributed by atoms with Crippen molar-refractivity contribution >= 4 is 22.8 Å². The zero-order chi connectivity index (χ0) is 26.8. The Balaban J connectivity index is 1.33. The number of para-hydroxylation sites is 1. The third-order valence-electron chi connectivity index (χ3n) is 7.41. The van der Waals surface area contributed by atoms with Crippen LogP contribution in [0.1, 0.15) is 39.9 Å². The largest absolute Gasteiger partial charge is 0.352 e. The molecule has 196 valence electrons. The van der Waals surface area contributed by atoms with E-state index in [1.54, 1.807) is 0 Å². The highest BCUT2D eigenvalue weighted by molar-refractivity contribution is 5.95. The Kier molecular flexibility index (Phi) is 6.80. The molecule has 39 heavy (non-hydrogen) atoms. The lowest BCUT2D eigenvalue weighted by atomic mass is 10.1. The molecule has 2 aromatic heterocycles. The van der Waals surface area contributed by atoms with Crippen molar-refractivity contribution in [1.82, 2.24) is 24.6 Å². The number of aryl methyl sites for hydroxylation is 2. The van der Waals surface area contributed by atoms with Crippen molar-refractivity contribution in [2.24, 2.45) is 0 Å². The van der Waals surface area contributed by atoms with Gasteiger partial charge in [-0.1, -0.05) is 67.6 Å². The number of carbonyl (C=O) groups excluding carboxylic acids is 1. The van der Waals surface area contributed by atoms with Gasteiger partial charge in [0.05, 0.1) is 16.8 Å². The number of amides is 1. The Labute approximate surface area is 228 Å². The minimum absolute atomic E-state index is 0.0861. The highest BCUT2D eigenvalue weighted by atomic mass is 16.2. The molecule has 7 nitrogen and oxygen atoms in total. The number of aromatic nitrogens is 4. The van der Waals surface area contributed by atoms with E-state index in [1.807, 2.05) is 89.3 Å². The van der Waals surface area contributed by atoms with E-state index < -0.39 is 0 Å². The molecule has 0 bridgehead atoms. The SMILES string of the molecule is CCc1ccc(C(=O)N2CCN(c3nc(Cc4ccccc4)nc4c3c(C)nn4-c3ccccc3)CC2)cc1. The maximum atomic E-state index is 13.2. The molecule has 1 saturated heterocycles. The summed E-state index contributed by atoms with van der Waals surface area (Å²) in [6, 6.07) is 28.4. The van der Waals surface area contributed by atoms with Crippen LogP contribution < -0.4 is 4.90 Å². The summed E-state index contributed by atoms with van der Waals surface area (Å²) >= 11 is 0. The van der Waals surface area contributed by atoms with Crippen molar-refractivity contribution in [3.63, 3.8) is 0 Å². The molecule has 3 heterocycles. The van der Waals surface area contributed by atoms with E-state index in [-0.39, 0.29) is 5.91 Å². The van der Waals surface area contributed by atoms with Crippen LogP contribution in [0.4, 0.5) is 5.82 Å². The maximum Gasteiger partial charge on any atom is 0.253 e. The predicted octanol–water partition coefficient (Wildman–Crippen LogP) is 5.24. The first-order valence-electron chi connectivity index (χ1n) is 13.6. The van der Waals surface area contributed by atoms with Crippen molar-refractivity contribution in [2.75, 3.05) is 31.1 Å². The van der Waals surface area contributed by atoms with Gasteiger partial charge < -0.3 is 9.80 Å². The molecule has 5 aromatic rings. The zero-order valence-corrected chi connectivity index (χ0v) is 22.4. The van der Waals surface area contributed by atoms with Crippen LogP contribution >= 0.6 is 0 Å². The summed E-state index contributed by atoms with van der Waals surface area (Å²) in [7, 11) is 0. The second kappa shape index (κ2) is 10.7. The number of benzene rings is 3. The van der Waals surface area contributed by atoms with Crippen molar-refractivity contribution in [3.8, 4) is 5.69 Å². The van der Waals surface area contributed by atoms with Crippen molar-refractivity contribution in [1.29, 1.82) is 0 Å². The first-order valence-corrected chi connectivity index (χ1v) is 13.6. The lowest BCUT2D eigenvalue weighted by Gasteiger charge is -2.36. The second-order valence-electron chi connectivity index (χ2n) is 9.99. The number of anilines is 1. The summed E-state index contributed by atoms with van der Waals surface area (Å²) in [4.78, 5) is 27.5. The van der Waals surface area contributed by atoms with Gasteiger partial charge in [0, 0.05) is 38.2 Å². The summed E-state index contributed by atoms with van der Waals surface area (Å²) in [6.45, 7) is 6.82. The number of piperazine rings is 1. The fourth-order valence-electron chi connectivity index (χ4n) is 5.23. The molecule has 7 heteroatoms. The summed E-state index contributed by atoms with van der Waals surface area (Å²) in [5, 5.41) is 5.85. The van der Waals surface area contributed by atoms with Crippen LogP contribution in [-0.2, 0) is 12.8 Å². The van der Waals surface area contributed by atoms with Gasteiger partial charge in [-0.2, -0.15) is 5.10 Å². The molecule has 1 aliphatic rings. The summed E-state index contributed by atoms with van der Waals surface area (Å²) in [5.41, 5.74) is 5.82. The molecule has 3 aromatic carbocycles. The van der Waals surface area contributed by atoms with Crippen molar-refractivity contribution < 1.29 is 4.79 Å². The summed E-state index contributed by atoms with van der Waals surface area (Å²) in [5.74, 6) is 1.74. The first-order chi connectivity index (χ1) is 19.1. The van der Waals surface area contributed by atoms with Gasteiger partial charge >= 0.3 is 0 Å². The summed E-state index contributed by atoms with van der Waals surface area (Å²) in [6.07, 6.45) is 1.60. The molecule has 6 rings (SSSR count). The van der Waals surface area contributed by atoms with Gasteiger partial charge in [-0.3, -0.25) is 4.79 Å². The lowest BCUT2D eigenvalue weighted by molar-refractivity contribution is 0.0746. The third-order valence-corrected chi connectivity index (χ3v) is 7.41. The van der Waals surface area contributed by atoms with Crippen molar-refractivity contribution in [3.05, 3.63) is 113 Å². The fourth-order valence-corrected chi connectivity index (χ4v) is 5.23. The Morgan fingerprint density at radius 2 is 1.46 bits per heavy atom. The lowest BCUT2D eigenvalue weighted by Crippen LogP contribution is -2.49. The molecule has 0 saturated carbocycles. The van der Waals surface area contributed by atoms with Crippen LogP contribution in [0.25, 0.3) is 16.7 Å². The molecule has 1 amide bonds. The van der Waals surface area contributed by atoms with Gasteiger partial charge in [0.1, 0.15) is 11.6 Å². The smallest absolute Gasteiger partial charge is 0.253 e. The number of hydrogen-bond acceptors (Lipinski definition) is 5. The molecule has 0 spiro atoms. The minimum Gasteiger partial charge on any atom is -0.352 e. The number of fused-ring (bicyclic) bond motifs is 1. The van der Waals surface area contributed by atoms with E-state index in [2.05, 4.69) is 24.0 Å². The minimum atomic E-state index is 0.0861. The van der Waals surface area contributed by atoms with Crippen LogP contribution in [0.3, 0.4) is 0 Å². The van der Waals surface area contributed by atoms with Crippen LogP contribution in [0.2, 0.25) is 0 Å². The van der Waals surface area contributed by atoms with E-state index in [1.165, 1.54) is 5.56 Å². The second-order valence-corrected chi connectivity index (χ2v) is 9.99. The molecule has 1 aliphatic heterocycles. The Morgan fingerprint density at radius 3 is 2.13 bits per heavy atom. The molecule has 0 radical (unpaired) electrons. The fraction of sp³-hybridized carbons (Fsp3) is 0.250. The maximum absolute atomic E-state index is 13.2. The molecule has 0 aliphatic carbocycles. The Hall–Kier alpha value is -4.52. The monoisotopic (exact) mass is 516 g/mol. The van der Waals surface area contributed by atoms with E-state index in [4.69, 9.17) is 15.1 Å². The standard InChI is InChI=1S/C32H32N6O/c1-3-24-14-16-26(17-15-24)32(39)37-20-18-36(19-21-37)30-29-23(2)35-38(27-12-8-5-9-13-27)31(29)34-28(33-30)22-25-10-6-4-7-11-25/h4-17H,3,18-22H2,1-2H3. The number of nitrogens with zero attached hydrogens (tertiary/aromatic N) is 6. The van der Waals surface area contributed by atoms with Crippen LogP contribution in [0.5, 0.6) is 0 Å². The quantitative estimate of drug-likeness (QED) is 0.309. The first kappa shape index (κ1) is 24.8. The predicted molar refractivity (Wildman–Crippen MR) is 155 cm³/mol. The Morgan fingerprint density at radius 1 is 0.795 bits per heavy atom. The van der Waals surface area contributed by atoms with Crippen LogP contribution in [-0.4, -0.2) is 56.7 Å². The van der Waals surface area contributed by atoms with Crippen LogP contribution in [0, 0.1) is 6.92 Å². The van der Waals surface area contributed by atoms with E-state index in [0.717, 1.165) is 51.6 Å². The van der Waals surface area contributed by atoms with E-state index in [9.17, 15) is 4.79 Å². The third kappa shape index (κ3) is 5.00. The number of rotatable bonds is 6. The highest BCUT2D eigenvalue weighted by Gasteiger charge is 2.27. The van der Waals surface area contributed by atoms with Gasteiger partial charge in [0.25, 0.3) is 5.91 Å². The molecular weight excluding hydrogens is 484 g/mol. The highest BCUT2D eigenvalue weighted by Crippen LogP contribution is 2.30. The van der Waals surface area contributed by atoms with Gasteiger partial charge in [0.15, 0.2) is 5.65 Å². The molecule has 0 unspecified atom stereocenters. The Bertz CT molecular complexity index is 1590. The van der Waals surface area contributed by atoms with Gasteiger partial charge in [0.2, 0.25) is 0 Å². The average Bonchev–Trinajstić information content (AvgIpc) is 3.33. The average molecular weight is 517 g/mol. The van der Waals surface area contributed by atoms with Gasteiger partial charge in [-0.05, 0) is 48.7 Å². The van der Waals surface area contributed by atoms with Crippen LogP contribution in [0.15, 0.2) is 84.9 Å². The molecular formula is C32H32N6O. The molecule has 0 atom stereocenters. The summed E-state index contributed by atoms with van der Waals surface area (Å²) < 4.78 is 1.92. The van der Waals surface area contributed by atoms with Gasteiger partial charge in [-0.15, -0.1) is 0 Å². The number of hydrogen-bond donors (Lipinski definition) is 0. The van der Waals surface area contributed by atoms with Gasteiger partial charge in [-0.25, -0.2) is 14.6 Å². The van der Waals surface area contributed by atoms with E-state index in [0.29, 0.717) is 32.6 Å². The topological polar surface area (TPSA) is 67.2 Å². The molecule has 0 N–H and O–H groups in total. The van der Waals surface area contributed by atoms with Crippen molar-refractivity contribution in [2.45, 2.75) is 26.7 Å².